The maximum atomic E-state index is 13.8. The summed E-state index contributed by atoms with van der Waals surface area (Å²) in [4.78, 5) is 24.7. The van der Waals surface area contributed by atoms with Crippen LogP contribution in [0, 0.1) is 5.82 Å². The molecule has 2 aromatic heterocycles. The Balaban J connectivity index is 2.35. The van der Waals surface area contributed by atoms with Crippen LogP contribution in [-0.2, 0) is 0 Å². The molecular weight excluding hydrogens is 490 g/mol. The van der Waals surface area contributed by atoms with Gasteiger partial charge in [-0.3, -0.25) is 4.79 Å². The normalized spacial score (nSPS) is 11.2. The number of nitrogens with two attached hydrogens (primary N) is 1. The van der Waals surface area contributed by atoms with Gasteiger partial charge in [0, 0.05) is 9.86 Å². The van der Waals surface area contributed by atoms with Crippen LogP contribution >= 0.6 is 54.8 Å². The Bertz CT molecular complexity index is 1010. The van der Waals surface area contributed by atoms with Gasteiger partial charge < -0.3 is 10.8 Å². The average Bonchev–Trinajstić information content (AvgIpc) is 2.96. The maximum absolute atomic E-state index is 13.8. The molecule has 1 amide bonds. The van der Waals surface area contributed by atoms with Crippen LogP contribution in [0.15, 0.2) is 26.5 Å². The van der Waals surface area contributed by atoms with Gasteiger partial charge in [-0.25, -0.2) is 13.8 Å². The Morgan fingerprint density at radius 3 is 2.50 bits per heavy atom. The zero-order valence-corrected chi connectivity index (χ0v) is 16.2. The van der Waals surface area contributed by atoms with E-state index in [1.54, 1.807) is 6.07 Å². The lowest BCUT2D eigenvalue weighted by atomic mass is 10.1. The number of amides is 1. The molecule has 0 fully saturated rings. The van der Waals surface area contributed by atoms with E-state index in [1.807, 2.05) is 0 Å². The predicted molar refractivity (Wildman–Crippen MR) is 96.7 cm³/mol. The number of hydrogen-bond acceptors (Lipinski definition) is 4. The van der Waals surface area contributed by atoms with Crippen LogP contribution in [0.5, 0.6) is 5.88 Å². The van der Waals surface area contributed by atoms with Crippen molar-refractivity contribution in [2.24, 2.45) is 5.73 Å². The fourth-order valence-electron chi connectivity index (χ4n) is 2.30. The van der Waals surface area contributed by atoms with Crippen LogP contribution in [0.3, 0.4) is 0 Å². The molecule has 3 N–H and O–H groups in total. The van der Waals surface area contributed by atoms with Crippen molar-refractivity contribution in [2.45, 2.75) is 0 Å². The van der Waals surface area contributed by atoms with Crippen LogP contribution in [0.25, 0.3) is 10.9 Å². The molecule has 0 spiro atoms. The number of nitrogens with zero attached hydrogens (tertiary/aromatic N) is 1. The van der Waals surface area contributed by atoms with E-state index in [2.05, 4.69) is 31.9 Å². The number of thiophene rings is 1. The average molecular weight is 497 g/mol. The van der Waals surface area contributed by atoms with Gasteiger partial charge in [-0.15, -0.1) is 11.3 Å². The summed E-state index contributed by atoms with van der Waals surface area (Å²) >= 11 is 13.4. The number of carbonyl (C=O) groups is 2. The van der Waals surface area contributed by atoms with Crippen molar-refractivity contribution in [3.8, 4) is 5.88 Å². The van der Waals surface area contributed by atoms with E-state index in [-0.39, 0.29) is 26.4 Å². The van der Waals surface area contributed by atoms with Gasteiger partial charge in [-0.1, -0.05) is 11.6 Å². The van der Waals surface area contributed by atoms with Crippen LogP contribution in [0.2, 0.25) is 5.02 Å². The highest BCUT2D eigenvalue weighted by molar-refractivity contribution is 9.13. The summed E-state index contributed by atoms with van der Waals surface area (Å²) in [7, 11) is 0. The third-order valence-electron chi connectivity index (χ3n) is 3.30. The number of halogens is 4. The van der Waals surface area contributed by atoms with Crippen molar-refractivity contribution in [3.05, 3.63) is 47.7 Å². The molecule has 0 saturated carbocycles. The molecule has 3 aromatic rings. The Morgan fingerprint density at radius 1 is 1.29 bits per heavy atom. The van der Waals surface area contributed by atoms with Gasteiger partial charge in [0.25, 0.3) is 0 Å². The molecule has 124 valence electrons. The Kier molecular flexibility index (Phi) is 4.45. The summed E-state index contributed by atoms with van der Waals surface area (Å²) in [6.45, 7) is 0. The minimum Gasteiger partial charge on any atom is -0.494 e. The number of carbonyl (C=O) groups excluding carboxylic acids is 2. The molecule has 0 radical (unpaired) electrons. The summed E-state index contributed by atoms with van der Waals surface area (Å²) in [6, 6.07) is 2.65. The van der Waals surface area contributed by atoms with Crippen molar-refractivity contribution in [3.63, 3.8) is 0 Å². The number of benzene rings is 1. The molecule has 0 unspecified atom stereocenters. The molecule has 3 rings (SSSR count). The molecular formula is C14H6Br2ClFN2O3S. The second-order valence-corrected chi connectivity index (χ2v) is 8.35. The largest absolute Gasteiger partial charge is 0.494 e. The summed E-state index contributed by atoms with van der Waals surface area (Å²) in [6.07, 6.45) is 0. The Hall–Kier alpha value is -1.42. The SMILES string of the molecule is NC(=O)n1c(O)c(C(=O)c2cc(Br)c(Br)s2)c2cc(F)c(Cl)cc21. The maximum Gasteiger partial charge on any atom is 0.326 e. The third kappa shape index (κ3) is 2.65. The minimum atomic E-state index is -1.02. The van der Waals surface area contributed by atoms with E-state index in [0.29, 0.717) is 12.8 Å². The second kappa shape index (κ2) is 6.14. The fraction of sp³-hybridized carbons (Fsp3) is 0. The number of hydrogen-bond donors (Lipinski definition) is 2. The highest BCUT2D eigenvalue weighted by Crippen LogP contribution is 2.39. The lowest BCUT2D eigenvalue weighted by Crippen LogP contribution is -2.19. The van der Waals surface area contributed by atoms with E-state index in [4.69, 9.17) is 17.3 Å². The topological polar surface area (TPSA) is 85.3 Å². The number of primary amides is 1. The van der Waals surface area contributed by atoms with E-state index in [0.717, 1.165) is 23.5 Å². The van der Waals surface area contributed by atoms with Gasteiger partial charge in [-0.2, -0.15) is 0 Å². The van der Waals surface area contributed by atoms with Crippen LogP contribution in [0.1, 0.15) is 15.2 Å². The first kappa shape index (κ1) is 17.4. The predicted octanol–water partition coefficient (Wildman–Crippen LogP) is 4.88. The minimum absolute atomic E-state index is 0.0406. The molecule has 0 aliphatic heterocycles. The molecule has 0 saturated heterocycles. The third-order valence-corrected chi connectivity index (χ3v) is 6.85. The Labute approximate surface area is 160 Å². The first-order valence-corrected chi connectivity index (χ1v) is 9.02. The lowest BCUT2D eigenvalue weighted by molar-refractivity contribution is 0.104. The molecule has 0 bridgehead atoms. The number of rotatable bonds is 2. The standard InChI is InChI=1S/C14H6Br2ClFN2O3S/c15-5-2-9(24-12(5)16)11(21)10-4-1-7(18)6(17)3-8(4)20(13(10)22)14(19)23/h1-3,22H,(H2,19,23). The van der Waals surface area contributed by atoms with E-state index < -0.39 is 23.5 Å². The number of fused-ring (bicyclic) bond motifs is 1. The monoisotopic (exact) mass is 494 g/mol. The number of ketones is 1. The zero-order valence-electron chi connectivity index (χ0n) is 11.4. The summed E-state index contributed by atoms with van der Waals surface area (Å²) in [5, 5.41) is 10.1. The van der Waals surface area contributed by atoms with Crippen molar-refractivity contribution in [1.82, 2.24) is 4.57 Å². The van der Waals surface area contributed by atoms with Gasteiger partial charge in [0.2, 0.25) is 11.7 Å². The van der Waals surface area contributed by atoms with Gasteiger partial charge in [-0.05, 0) is 50.1 Å². The van der Waals surface area contributed by atoms with E-state index >= 15 is 0 Å². The smallest absolute Gasteiger partial charge is 0.326 e. The molecule has 5 nitrogen and oxygen atoms in total. The summed E-state index contributed by atoms with van der Waals surface area (Å²) < 4.78 is 15.9. The molecule has 10 heteroatoms. The molecule has 0 atom stereocenters. The summed E-state index contributed by atoms with van der Waals surface area (Å²) in [5.74, 6) is -2.02. The van der Waals surface area contributed by atoms with Crippen molar-refractivity contribution >= 4 is 77.5 Å². The van der Waals surface area contributed by atoms with Crippen LogP contribution in [-0.4, -0.2) is 21.5 Å². The second-order valence-electron chi connectivity index (χ2n) is 4.72. The summed E-state index contributed by atoms with van der Waals surface area (Å²) in [5.41, 5.74) is 5.08. The molecule has 1 aromatic carbocycles. The van der Waals surface area contributed by atoms with Crippen molar-refractivity contribution in [2.75, 3.05) is 0 Å². The first-order valence-electron chi connectivity index (χ1n) is 6.24. The zero-order chi connectivity index (χ0) is 17.8. The van der Waals surface area contributed by atoms with Gasteiger partial charge in [0.1, 0.15) is 5.82 Å². The number of aromatic nitrogens is 1. The van der Waals surface area contributed by atoms with Crippen LogP contribution in [0.4, 0.5) is 9.18 Å². The lowest BCUT2D eigenvalue weighted by Gasteiger charge is -2.01. The van der Waals surface area contributed by atoms with Gasteiger partial charge in [0.15, 0.2) is 0 Å². The Morgan fingerprint density at radius 2 is 1.96 bits per heavy atom. The van der Waals surface area contributed by atoms with Gasteiger partial charge >= 0.3 is 6.03 Å². The number of aromatic hydroxyl groups is 1. The molecule has 0 aliphatic rings. The van der Waals surface area contributed by atoms with E-state index in [9.17, 15) is 19.1 Å². The highest BCUT2D eigenvalue weighted by Gasteiger charge is 2.28. The quantitative estimate of drug-likeness (QED) is 0.496. The van der Waals surface area contributed by atoms with Gasteiger partial charge in [0.05, 0.1) is 24.8 Å². The molecule has 2 heterocycles. The molecule has 0 aliphatic carbocycles. The van der Waals surface area contributed by atoms with Crippen molar-refractivity contribution < 1.29 is 19.1 Å². The highest BCUT2D eigenvalue weighted by atomic mass is 79.9. The molecule has 24 heavy (non-hydrogen) atoms. The first-order chi connectivity index (χ1) is 11.2. The van der Waals surface area contributed by atoms with E-state index in [1.165, 1.54) is 0 Å². The van der Waals surface area contributed by atoms with Crippen molar-refractivity contribution in [1.29, 1.82) is 0 Å². The van der Waals surface area contributed by atoms with Crippen LogP contribution < -0.4 is 5.73 Å². The fourth-order valence-corrected chi connectivity index (χ4v) is 4.44.